The van der Waals surface area contributed by atoms with E-state index in [-0.39, 0.29) is 0 Å². The Kier molecular flexibility index (Phi) is 7.55. The average Bonchev–Trinajstić information content (AvgIpc) is 3.17. The molecule has 2 heterocycles. The predicted octanol–water partition coefficient (Wildman–Crippen LogP) is 6.02. The summed E-state index contributed by atoms with van der Waals surface area (Å²) in [5.41, 5.74) is 4.43. The SMILES string of the molecule is CCCc1nn(C)c2c(Nc3cccc(Br)c3)nc(/C=C/c3cc(OC)c(OC)c(OC)c3)nc12. The smallest absolute Gasteiger partial charge is 0.203 e. The molecule has 182 valence electrons. The largest absolute Gasteiger partial charge is 0.493 e. The lowest BCUT2D eigenvalue weighted by atomic mass is 10.1. The summed E-state index contributed by atoms with van der Waals surface area (Å²) in [5.74, 6) is 2.96. The topological polar surface area (TPSA) is 83.3 Å². The van der Waals surface area contributed by atoms with Gasteiger partial charge < -0.3 is 19.5 Å². The van der Waals surface area contributed by atoms with Gasteiger partial charge in [0.25, 0.3) is 0 Å². The van der Waals surface area contributed by atoms with Crippen LogP contribution in [0.1, 0.15) is 30.4 Å². The molecular weight excluding hydrogens is 510 g/mol. The van der Waals surface area contributed by atoms with Crippen molar-refractivity contribution in [1.29, 1.82) is 0 Å². The third kappa shape index (κ3) is 5.24. The molecule has 8 nitrogen and oxygen atoms in total. The lowest BCUT2D eigenvalue weighted by molar-refractivity contribution is 0.324. The van der Waals surface area contributed by atoms with Gasteiger partial charge in [-0.15, -0.1) is 0 Å². The van der Waals surface area contributed by atoms with E-state index in [4.69, 9.17) is 29.3 Å². The molecule has 1 N–H and O–H groups in total. The summed E-state index contributed by atoms with van der Waals surface area (Å²) in [4.78, 5) is 9.67. The van der Waals surface area contributed by atoms with E-state index in [1.807, 2.05) is 60.3 Å². The Morgan fingerprint density at radius 3 is 2.37 bits per heavy atom. The number of nitrogens with zero attached hydrogens (tertiary/aromatic N) is 4. The van der Waals surface area contributed by atoms with Crippen LogP contribution in [-0.2, 0) is 13.5 Å². The van der Waals surface area contributed by atoms with Gasteiger partial charge in [0, 0.05) is 17.2 Å². The van der Waals surface area contributed by atoms with Crippen molar-refractivity contribution in [2.45, 2.75) is 19.8 Å². The number of aryl methyl sites for hydroxylation is 2. The van der Waals surface area contributed by atoms with Crippen molar-refractivity contribution in [2.75, 3.05) is 26.6 Å². The quantitative estimate of drug-likeness (QED) is 0.279. The number of fused-ring (bicyclic) bond motifs is 1. The number of hydrogen-bond donors (Lipinski definition) is 1. The van der Waals surface area contributed by atoms with Gasteiger partial charge in [-0.3, -0.25) is 4.68 Å². The van der Waals surface area contributed by atoms with Gasteiger partial charge in [0.05, 0.1) is 27.0 Å². The number of hydrogen-bond acceptors (Lipinski definition) is 7. The standard InChI is InChI=1S/C26H28BrN5O3/c1-6-8-19-23-24(32(2)31-19)26(28-18-10-7-9-17(27)15-18)30-22(29-23)12-11-16-13-20(33-3)25(35-5)21(14-16)34-4/h7,9-15H,6,8H2,1-5H3,(H,28,29,30)/b12-11+. The maximum absolute atomic E-state index is 5.47. The first kappa shape index (κ1) is 24.5. The molecule has 35 heavy (non-hydrogen) atoms. The summed E-state index contributed by atoms with van der Waals surface area (Å²) in [6.45, 7) is 2.13. The lowest BCUT2D eigenvalue weighted by Crippen LogP contribution is -2.02. The fourth-order valence-electron chi connectivity index (χ4n) is 3.90. The van der Waals surface area contributed by atoms with Crippen LogP contribution in [0.25, 0.3) is 23.2 Å². The van der Waals surface area contributed by atoms with Crippen molar-refractivity contribution in [3.63, 3.8) is 0 Å². The minimum absolute atomic E-state index is 0.546. The van der Waals surface area contributed by atoms with Crippen molar-refractivity contribution < 1.29 is 14.2 Å². The van der Waals surface area contributed by atoms with Crippen LogP contribution in [0.5, 0.6) is 17.2 Å². The van der Waals surface area contributed by atoms with Gasteiger partial charge in [0.15, 0.2) is 23.1 Å². The van der Waals surface area contributed by atoms with Crippen molar-refractivity contribution >= 4 is 50.6 Å². The van der Waals surface area contributed by atoms with Gasteiger partial charge >= 0.3 is 0 Å². The first-order valence-electron chi connectivity index (χ1n) is 11.2. The van der Waals surface area contributed by atoms with E-state index in [0.717, 1.165) is 45.3 Å². The van der Waals surface area contributed by atoms with Crippen LogP contribution in [-0.4, -0.2) is 41.1 Å². The molecule has 0 bridgehead atoms. The van der Waals surface area contributed by atoms with Gasteiger partial charge in [-0.2, -0.15) is 5.10 Å². The van der Waals surface area contributed by atoms with E-state index in [0.29, 0.717) is 28.9 Å². The highest BCUT2D eigenvalue weighted by Crippen LogP contribution is 2.38. The predicted molar refractivity (Wildman–Crippen MR) is 143 cm³/mol. The molecule has 4 rings (SSSR count). The van der Waals surface area contributed by atoms with Crippen LogP contribution in [0.3, 0.4) is 0 Å². The van der Waals surface area contributed by atoms with E-state index in [1.54, 1.807) is 21.3 Å². The first-order valence-corrected chi connectivity index (χ1v) is 12.0. The molecule has 0 spiro atoms. The molecular formula is C26H28BrN5O3. The van der Waals surface area contributed by atoms with Crippen molar-refractivity contribution in [1.82, 2.24) is 19.7 Å². The Morgan fingerprint density at radius 2 is 1.74 bits per heavy atom. The summed E-state index contributed by atoms with van der Waals surface area (Å²) in [6.07, 6.45) is 5.60. The Bertz CT molecular complexity index is 1360. The van der Waals surface area contributed by atoms with Crippen LogP contribution < -0.4 is 19.5 Å². The fourth-order valence-corrected chi connectivity index (χ4v) is 4.30. The summed E-state index contributed by atoms with van der Waals surface area (Å²) < 4.78 is 19.2. The molecule has 0 aliphatic carbocycles. The van der Waals surface area contributed by atoms with E-state index < -0.39 is 0 Å². The van der Waals surface area contributed by atoms with E-state index in [1.165, 1.54) is 0 Å². The van der Waals surface area contributed by atoms with Crippen LogP contribution in [0, 0.1) is 0 Å². The molecule has 0 saturated heterocycles. The minimum Gasteiger partial charge on any atom is -0.493 e. The summed E-state index contributed by atoms with van der Waals surface area (Å²) in [7, 11) is 6.70. The highest BCUT2D eigenvalue weighted by atomic mass is 79.9. The molecule has 0 radical (unpaired) electrons. The third-order valence-corrected chi connectivity index (χ3v) is 5.95. The molecule has 0 fully saturated rings. The van der Waals surface area contributed by atoms with Gasteiger partial charge in [0.1, 0.15) is 11.0 Å². The van der Waals surface area contributed by atoms with Crippen molar-refractivity contribution in [3.8, 4) is 17.2 Å². The summed E-state index contributed by atoms with van der Waals surface area (Å²) >= 11 is 3.53. The number of aromatic nitrogens is 4. The third-order valence-electron chi connectivity index (χ3n) is 5.46. The van der Waals surface area contributed by atoms with Gasteiger partial charge in [-0.25, -0.2) is 9.97 Å². The Hall–Kier alpha value is -3.59. The Morgan fingerprint density at radius 1 is 1.00 bits per heavy atom. The maximum Gasteiger partial charge on any atom is 0.203 e. The number of anilines is 2. The average molecular weight is 538 g/mol. The van der Waals surface area contributed by atoms with Crippen LogP contribution in [0.2, 0.25) is 0 Å². The normalized spacial score (nSPS) is 11.3. The number of benzene rings is 2. The zero-order chi connectivity index (χ0) is 24.9. The van der Waals surface area contributed by atoms with Crippen molar-refractivity contribution in [2.24, 2.45) is 7.05 Å². The molecule has 0 saturated carbocycles. The molecule has 9 heteroatoms. The molecule has 2 aromatic carbocycles. The van der Waals surface area contributed by atoms with Crippen LogP contribution >= 0.6 is 15.9 Å². The van der Waals surface area contributed by atoms with E-state index >= 15 is 0 Å². The van der Waals surface area contributed by atoms with Gasteiger partial charge in [0.2, 0.25) is 5.75 Å². The fraction of sp³-hybridized carbons (Fsp3) is 0.269. The highest BCUT2D eigenvalue weighted by molar-refractivity contribution is 9.10. The first-order chi connectivity index (χ1) is 17.0. The monoisotopic (exact) mass is 537 g/mol. The Labute approximate surface area is 213 Å². The van der Waals surface area contributed by atoms with E-state index in [2.05, 4.69) is 28.2 Å². The number of rotatable bonds is 9. The molecule has 4 aromatic rings. The van der Waals surface area contributed by atoms with Crippen LogP contribution in [0.15, 0.2) is 40.9 Å². The van der Waals surface area contributed by atoms with Crippen LogP contribution in [0.4, 0.5) is 11.5 Å². The molecule has 0 unspecified atom stereocenters. The number of ether oxygens (including phenoxy) is 3. The molecule has 0 aliphatic rings. The summed E-state index contributed by atoms with van der Waals surface area (Å²) in [5, 5.41) is 8.16. The summed E-state index contributed by atoms with van der Waals surface area (Å²) in [6, 6.07) is 11.7. The molecule has 0 amide bonds. The molecule has 0 atom stereocenters. The minimum atomic E-state index is 0.546. The van der Waals surface area contributed by atoms with Gasteiger partial charge in [-0.1, -0.05) is 41.4 Å². The molecule has 2 aromatic heterocycles. The zero-order valence-corrected chi connectivity index (χ0v) is 22.0. The second kappa shape index (κ2) is 10.8. The number of halogens is 1. The number of methoxy groups -OCH3 is 3. The highest BCUT2D eigenvalue weighted by Gasteiger charge is 2.17. The number of nitrogens with one attached hydrogen (secondary N) is 1. The zero-order valence-electron chi connectivity index (χ0n) is 20.4. The second-order valence-electron chi connectivity index (χ2n) is 7.88. The van der Waals surface area contributed by atoms with Gasteiger partial charge in [-0.05, 0) is 48.4 Å². The van der Waals surface area contributed by atoms with Crippen molar-refractivity contribution in [3.05, 3.63) is 58.0 Å². The maximum atomic E-state index is 5.47. The van der Waals surface area contributed by atoms with E-state index in [9.17, 15) is 0 Å². The Balaban J connectivity index is 1.80. The lowest BCUT2D eigenvalue weighted by Gasteiger charge is -2.13. The molecule has 0 aliphatic heterocycles. The second-order valence-corrected chi connectivity index (χ2v) is 8.79.